The van der Waals surface area contributed by atoms with E-state index in [2.05, 4.69) is 0 Å². The minimum absolute atomic E-state index is 0.0971. The molecule has 1 aromatic rings. The van der Waals surface area contributed by atoms with Crippen LogP contribution in [0.5, 0.6) is 0 Å². The SMILES string of the molecule is C[C@@H]1[C@H](C(=O)O)CCCN1C(=O)C1CC(=O)N(c2ccc(Cl)cc2)C1. The van der Waals surface area contributed by atoms with Crippen LogP contribution in [-0.2, 0) is 14.4 Å². The molecule has 0 aliphatic carbocycles. The zero-order chi connectivity index (χ0) is 18.1. The van der Waals surface area contributed by atoms with Crippen LogP contribution in [0.15, 0.2) is 24.3 Å². The van der Waals surface area contributed by atoms with E-state index in [1.54, 1.807) is 41.0 Å². The molecule has 2 heterocycles. The van der Waals surface area contributed by atoms with Gasteiger partial charge in [-0.2, -0.15) is 0 Å². The van der Waals surface area contributed by atoms with Gasteiger partial charge in [0.2, 0.25) is 11.8 Å². The van der Waals surface area contributed by atoms with E-state index in [4.69, 9.17) is 11.6 Å². The lowest BCUT2D eigenvalue weighted by molar-refractivity contribution is -0.150. The fourth-order valence-corrected chi connectivity index (χ4v) is 3.89. The van der Waals surface area contributed by atoms with E-state index in [1.807, 2.05) is 0 Å². The van der Waals surface area contributed by atoms with Crippen molar-refractivity contribution < 1.29 is 19.5 Å². The van der Waals surface area contributed by atoms with Crippen molar-refractivity contribution in [3.63, 3.8) is 0 Å². The van der Waals surface area contributed by atoms with Crippen molar-refractivity contribution in [2.24, 2.45) is 11.8 Å². The molecule has 25 heavy (non-hydrogen) atoms. The molecule has 0 aromatic heterocycles. The normalized spacial score (nSPS) is 26.8. The first-order valence-corrected chi connectivity index (χ1v) is 8.85. The average molecular weight is 365 g/mol. The summed E-state index contributed by atoms with van der Waals surface area (Å²) in [6, 6.07) is 6.60. The third-order valence-corrected chi connectivity index (χ3v) is 5.45. The summed E-state index contributed by atoms with van der Waals surface area (Å²) in [6.45, 7) is 2.65. The maximum Gasteiger partial charge on any atom is 0.308 e. The molecule has 1 unspecified atom stereocenters. The van der Waals surface area contributed by atoms with E-state index in [1.165, 1.54) is 0 Å². The highest BCUT2D eigenvalue weighted by Gasteiger charge is 2.41. The molecule has 0 bridgehead atoms. The number of nitrogens with zero attached hydrogens (tertiary/aromatic N) is 2. The number of halogens is 1. The van der Waals surface area contributed by atoms with Crippen LogP contribution >= 0.6 is 11.6 Å². The number of amides is 2. The van der Waals surface area contributed by atoms with Crippen LogP contribution in [0, 0.1) is 11.8 Å². The molecule has 2 saturated heterocycles. The number of benzene rings is 1. The van der Waals surface area contributed by atoms with Gasteiger partial charge < -0.3 is 14.9 Å². The minimum Gasteiger partial charge on any atom is -0.481 e. The number of hydrogen-bond acceptors (Lipinski definition) is 3. The molecule has 2 fully saturated rings. The molecular formula is C18H21ClN2O4. The Morgan fingerprint density at radius 1 is 1.24 bits per heavy atom. The first-order valence-electron chi connectivity index (χ1n) is 8.47. The largest absolute Gasteiger partial charge is 0.481 e. The van der Waals surface area contributed by atoms with Crippen molar-refractivity contribution >= 4 is 35.1 Å². The summed E-state index contributed by atoms with van der Waals surface area (Å²) in [5.74, 6) is -2.06. The van der Waals surface area contributed by atoms with Gasteiger partial charge in [0, 0.05) is 36.3 Å². The number of carbonyl (C=O) groups is 3. The molecule has 0 radical (unpaired) electrons. The monoisotopic (exact) mass is 364 g/mol. The Kier molecular flexibility index (Phi) is 4.99. The minimum atomic E-state index is -0.865. The Hall–Kier alpha value is -2.08. The van der Waals surface area contributed by atoms with Crippen LogP contribution in [0.2, 0.25) is 5.02 Å². The summed E-state index contributed by atoms with van der Waals surface area (Å²) in [6.07, 6.45) is 1.41. The third-order valence-electron chi connectivity index (χ3n) is 5.20. The van der Waals surface area contributed by atoms with Crippen LogP contribution in [0.3, 0.4) is 0 Å². The van der Waals surface area contributed by atoms with Crippen LogP contribution < -0.4 is 4.90 Å². The fourth-order valence-electron chi connectivity index (χ4n) is 3.76. The molecule has 1 N–H and O–H groups in total. The molecule has 134 valence electrons. The lowest BCUT2D eigenvalue weighted by atomic mass is 9.89. The topological polar surface area (TPSA) is 77.9 Å². The molecule has 7 heteroatoms. The van der Waals surface area contributed by atoms with Crippen molar-refractivity contribution in [2.45, 2.75) is 32.2 Å². The molecule has 0 saturated carbocycles. The van der Waals surface area contributed by atoms with Gasteiger partial charge in [0.25, 0.3) is 0 Å². The lowest BCUT2D eigenvalue weighted by Gasteiger charge is -2.38. The average Bonchev–Trinajstić information content (AvgIpc) is 2.97. The smallest absolute Gasteiger partial charge is 0.308 e. The molecular weight excluding hydrogens is 344 g/mol. The van der Waals surface area contributed by atoms with E-state index < -0.39 is 17.8 Å². The Morgan fingerprint density at radius 2 is 1.92 bits per heavy atom. The molecule has 3 rings (SSSR count). The van der Waals surface area contributed by atoms with Crippen LogP contribution in [0.1, 0.15) is 26.2 Å². The Labute approximate surface area is 151 Å². The molecule has 2 aliphatic rings. The zero-order valence-corrected chi connectivity index (χ0v) is 14.8. The quantitative estimate of drug-likeness (QED) is 0.893. The van der Waals surface area contributed by atoms with Crippen LogP contribution in [0.4, 0.5) is 5.69 Å². The van der Waals surface area contributed by atoms with E-state index in [9.17, 15) is 19.5 Å². The predicted octanol–water partition coefficient (Wildman–Crippen LogP) is 2.40. The summed E-state index contributed by atoms with van der Waals surface area (Å²) < 4.78 is 0. The highest BCUT2D eigenvalue weighted by atomic mass is 35.5. The van der Waals surface area contributed by atoms with Gasteiger partial charge in [-0.3, -0.25) is 14.4 Å². The second-order valence-corrected chi connectivity index (χ2v) is 7.18. The van der Waals surface area contributed by atoms with Crippen molar-refractivity contribution in [1.82, 2.24) is 4.90 Å². The second-order valence-electron chi connectivity index (χ2n) is 6.74. The number of aliphatic carboxylic acids is 1. The number of carboxylic acid groups (broad SMARTS) is 1. The maximum atomic E-state index is 12.9. The van der Waals surface area contributed by atoms with Crippen LogP contribution in [-0.4, -0.2) is 46.9 Å². The van der Waals surface area contributed by atoms with E-state index in [-0.39, 0.29) is 24.3 Å². The Balaban J connectivity index is 1.72. The summed E-state index contributed by atoms with van der Waals surface area (Å²) in [5, 5.41) is 9.91. The van der Waals surface area contributed by atoms with Gasteiger partial charge >= 0.3 is 5.97 Å². The van der Waals surface area contributed by atoms with Gasteiger partial charge in [-0.15, -0.1) is 0 Å². The van der Waals surface area contributed by atoms with Gasteiger partial charge in [-0.1, -0.05) is 11.6 Å². The number of carboxylic acids is 1. The number of rotatable bonds is 3. The number of carbonyl (C=O) groups excluding carboxylic acids is 2. The molecule has 1 aromatic carbocycles. The Morgan fingerprint density at radius 3 is 2.56 bits per heavy atom. The number of hydrogen-bond donors (Lipinski definition) is 1. The van der Waals surface area contributed by atoms with E-state index >= 15 is 0 Å². The number of piperidine rings is 1. The highest BCUT2D eigenvalue weighted by molar-refractivity contribution is 6.30. The Bertz CT molecular complexity index is 691. The van der Waals surface area contributed by atoms with E-state index in [0.29, 0.717) is 31.0 Å². The lowest BCUT2D eigenvalue weighted by Crippen LogP contribution is -2.51. The predicted molar refractivity (Wildman–Crippen MR) is 93.4 cm³/mol. The second kappa shape index (κ2) is 7.04. The molecule has 6 nitrogen and oxygen atoms in total. The first-order chi connectivity index (χ1) is 11.9. The highest BCUT2D eigenvalue weighted by Crippen LogP contribution is 2.30. The number of likely N-dealkylation sites (tertiary alicyclic amines) is 1. The summed E-state index contributed by atoms with van der Waals surface area (Å²) in [4.78, 5) is 39.8. The molecule has 2 amide bonds. The van der Waals surface area contributed by atoms with Crippen molar-refractivity contribution in [1.29, 1.82) is 0 Å². The van der Waals surface area contributed by atoms with Crippen molar-refractivity contribution in [3.05, 3.63) is 29.3 Å². The third kappa shape index (κ3) is 3.49. The number of anilines is 1. The van der Waals surface area contributed by atoms with Gasteiger partial charge in [0.15, 0.2) is 0 Å². The van der Waals surface area contributed by atoms with Gasteiger partial charge in [-0.25, -0.2) is 0 Å². The zero-order valence-electron chi connectivity index (χ0n) is 14.0. The van der Waals surface area contributed by atoms with Gasteiger partial charge in [0.05, 0.1) is 11.8 Å². The summed E-state index contributed by atoms with van der Waals surface area (Å²) in [5.41, 5.74) is 0.722. The fraction of sp³-hybridized carbons (Fsp3) is 0.500. The van der Waals surface area contributed by atoms with Crippen LogP contribution in [0.25, 0.3) is 0 Å². The summed E-state index contributed by atoms with van der Waals surface area (Å²) >= 11 is 5.88. The van der Waals surface area contributed by atoms with Crippen molar-refractivity contribution in [2.75, 3.05) is 18.0 Å². The van der Waals surface area contributed by atoms with Gasteiger partial charge in [-0.05, 0) is 44.0 Å². The van der Waals surface area contributed by atoms with Gasteiger partial charge in [0.1, 0.15) is 0 Å². The standard InChI is InChI=1S/C18H21ClN2O4/c1-11-15(18(24)25)3-2-8-20(11)17(23)12-9-16(22)21(10-12)14-6-4-13(19)5-7-14/h4-7,11-12,15H,2-3,8-10H2,1H3,(H,24,25)/t11-,12?,15-/m1/s1. The molecule has 2 aliphatic heterocycles. The summed E-state index contributed by atoms with van der Waals surface area (Å²) in [7, 11) is 0. The molecule has 3 atom stereocenters. The van der Waals surface area contributed by atoms with E-state index in [0.717, 1.165) is 5.69 Å². The van der Waals surface area contributed by atoms with Crippen molar-refractivity contribution in [3.8, 4) is 0 Å². The molecule has 0 spiro atoms. The first kappa shape index (κ1) is 17.7. The maximum absolute atomic E-state index is 12.9.